The summed E-state index contributed by atoms with van der Waals surface area (Å²) in [6.45, 7) is 3.99. The molecule has 9 heteroatoms. The van der Waals surface area contributed by atoms with Crippen LogP contribution in [0.25, 0.3) is 0 Å². The van der Waals surface area contributed by atoms with Gasteiger partial charge in [-0.2, -0.15) is 5.10 Å². The molecule has 0 aliphatic rings. The number of nitrogens with one attached hydrogen (secondary N) is 3. The summed E-state index contributed by atoms with van der Waals surface area (Å²) < 4.78 is 5.58. The Morgan fingerprint density at radius 3 is 2.65 bits per heavy atom. The predicted molar refractivity (Wildman–Crippen MR) is 120 cm³/mol. The van der Waals surface area contributed by atoms with Crippen molar-refractivity contribution in [2.24, 2.45) is 5.10 Å². The van der Waals surface area contributed by atoms with Crippen LogP contribution in [-0.2, 0) is 14.4 Å². The summed E-state index contributed by atoms with van der Waals surface area (Å²) >= 11 is 6.06. The molecule has 0 saturated heterocycles. The topological polar surface area (TPSA) is 109 Å². The quantitative estimate of drug-likeness (QED) is 0.239. The van der Waals surface area contributed by atoms with Gasteiger partial charge in [0.1, 0.15) is 5.75 Å². The second kappa shape index (κ2) is 12.3. The van der Waals surface area contributed by atoms with Crippen molar-refractivity contribution in [1.29, 1.82) is 0 Å². The fraction of sp³-hybridized carbons (Fsp3) is 0.273. The Hall–Kier alpha value is -3.39. The van der Waals surface area contributed by atoms with Crippen molar-refractivity contribution in [3.8, 4) is 5.75 Å². The molecule has 164 valence electrons. The number of hydrogen-bond donors (Lipinski definition) is 3. The molecule has 0 spiro atoms. The molecule has 3 amide bonds. The van der Waals surface area contributed by atoms with Gasteiger partial charge in [-0.1, -0.05) is 43.1 Å². The van der Waals surface area contributed by atoms with Crippen molar-refractivity contribution >= 4 is 41.2 Å². The molecule has 0 saturated carbocycles. The molecule has 0 aromatic heterocycles. The van der Waals surface area contributed by atoms with Crippen LogP contribution >= 0.6 is 11.6 Å². The van der Waals surface area contributed by atoms with E-state index in [0.717, 1.165) is 18.4 Å². The van der Waals surface area contributed by atoms with E-state index in [1.54, 1.807) is 42.5 Å². The van der Waals surface area contributed by atoms with Gasteiger partial charge in [-0.05, 0) is 43.2 Å². The Bertz CT molecular complexity index is 962. The first kappa shape index (κ1) is 23.9. The van der Waals surface area contributed by atoms with Crippen molar-refractivity contribution in [2.75, 3.05) is 18.5 Å². The van der Waals surface area contributed by atoms with Gasteiger partial charge in [0.15, 0.2) is 6.61 Å². The second-order valence-electron chi connectivity index (χ2n) is 6.60. The molecule has 0 atom stereocenters. The van der Waals surface area contributed by atoms with Crippen LogP contribution in [0.4, 0.5) is 5.69 Å². The van der Waals surface area contributed by atoms with E-state index in [2.05, 4.69) is 21.2 Å². The highest BCUT2D eigenvalue weighted by Gasteiger charge is 2.12. The minimum Gasteiger partial charge on any atom is -0.483 e. The Kier molecular flexibility index (Phi) is 9.51. The molecule has 8 nitrogen and oxygen atoms in total. The fourth-order valence-electron chi connectivity index (χ4n) is 2.46. The Morgan fingerprint density at radius 1 is 1.10 bits per heavy atom. The Balaban J connectivity index is 1.90. The van der Waals surface area contributed by atoms with Gasteiger partial charge in [0.2, 0.25) is 0 Å². The number of hydrazone groups is 1. The van der Waals surface area contributed by atoms with Gasteiger partial charge in [0.25, 0.3) is 5.91 Å². The van der Waals surface area contributed by atoms with Crippen LogP contribution in [-0.4, -0.2) is 37.1 Å². The van der Waals surface area contributed by atoms with Crippen molar-refractivity contribution < 1.29 is 19.1 Å². The van der Waals surface area contributed by atoms with Crippen LogP contribution in [0.5, 0.6) is 5.75 Å². The minimum absolute atomic E-state index is 0.233. The number of unbranched alkanes of at least 4 members (excludes halogenated alkanes) is 1. The largest absolute Gasteiger partial charge is 0.483 e. The summed E-state index contributed by atoms with van der Waals surface area (Å²) in [6, 6.07) is 12.1. The zero-order chi connectivity index (χ0) is 22.6. The van der Waals surface area contributed by atoms with E-state index in [-0.39, 0.29) is 12.5 Å². The maximum absolute atomic E-state index is 12.2. The van der Waals surface area contributed by atoms with Crippen molar-refractivity contribution in [3.05, 3.63) is 58.6 Å². The highest BCUT2D eigenvalue weighted by molar-refractivity contribution is 6.35. The number of benzene rings is 2. The van der Waals surface area contributed by atoms with Gasteiger partial charge in [0, 0.05) is 22.8 Å². The van der Waals surface area contributed by atoms with E-state index < -0.39 is 11.8 Å². The normalized spacial score (nSPS) is 10.5. The summed E-state index contributed by atoms with van der Waals surface area (Å²) in [4.78, 5) is 35.6. The molecule has 0 aliphatic carbocycles. The number of carbonyl (C=O) groups excluding carboxylic acids is 3. The lowest BCUT2D eigenvalue weighted by Crippen LogP contribution is -2.38. The molecule has 0 bridgehead atoms. The van der Waals surface area contributed by atoms with Crippen LogP contribution in [0, 0.1) is 6.92 Å². The van der Waals surface area contributed by atoms with Crippen LogP contribution in [0.15, 0.2) is 47.6 Å². The number of carbonyl (C=O) groups is 3. The highest BCUT2D eigenvalue weighted by Crippen LogP contribution is 2.23. The summed E-state index contributed by atoms with van der Waals surface area (Å²) in [5, 5.41) is 9.59. The zero-order valence-electron chi connectivity index (χ0n) is 17.4. The zero-order valence-corrected chi connectivity index (χ0v) is 18.2. The molecule has 0 radical (unpaired) electrons. The highest BCUT2D eigenvalue weighted by atomic mass is 35.5. The minimum atomic E-state index is -0.859. The number of nitrogens with zero attached hydrogens (tertiary/aromatic N) is 1. The van der Waals surface area contributed by atoms with Crippen LogP contribution in [0.2, 0.25) is 5.02 Å². The van der Waals surface area contributed by atoms with E-state index in [0.29, 0.717) is 28.6 Å². The average Bonchev–Trinajstić information content (AvgIpc) is 2.76. The molecular formula is C22H25ClN4O4. The van der Waals surface area contributed by atoms with Crippen molar-refractivity contribution in [2.45, 2.75) is 26.7 Å². The first-order valence-corrected chi connectivity index (χ1v) is 10.2. The lowest BCUT2D eigenvalue weighted by Gasteiger charge is -2.11. The van der Waals surface area contributed by atoms with E-state index in [9.17, 15) is 14.4 Å². The Morgan fingerprint density at radius 2 is 1.87 bits per heavy atom. The number of hydrogen-bond acceptors (Lipinski definition) is 5. The lowest BCUT2D eigenvalue weighted by atomic mass is 10.2. The number of para-hydroxylation sites is 1. The van der Waals surface area contributed by atoms with Gasteiger partial charge in [0.05, 0.1) is 6.21 Å². The van der Waals surface area contributed by atoms with Crippen LogP contribution in [0.1, 0.15) is 30.9 Å². The molecule has 0 aliphatic heterocycles. The molecule has 2 aromatic rings. The summed E-state index contributed by atoms with van der Waals surface area (Å²) in [6.07, 6.45) is 3.04. The molecular weight excluding hydrogens is 420 g/mol. The monoisotopic (exact) mass is 444 g/mol. The van der Waals surface area contributed by atoms with E-state index in [1.807, 2.05) is 13.8 Å². The maximum Gasteiger partial charge on any atom is 0.329 e. The van der Waals surface area contributed by atoms with Crippen LogP contribution in [0.3, 0.4) is 0 Å². The van der Waals surface area contributed by atoms with E-state index >= 15 is 0 Å². The number of anilines is 1. The number of ether oxygens (including phenoxy) is 1. The number of halogens is 1. The molecule has 0 fully saturated rings. The number of rotatable bonds is 9. The number of amides is 3. The fourth-order valence-corrected chi connectivity index (χ4v) is 2.64. The summed E-state index contributed by atoms with van der Waals surface area (Å²) in [7, 11) is 0. The van der Waals surface area contributed by atoms with Gasteiger partial charge >= 0.3 is 11.8 Å². The molecule has 2 aromatic carbocycles. The standard InChI is InChI=1S/C22H25ClN4O4/c1-3-4-12-24-21(29)22(30)27-25-13-16-8-5-6-11-19(16)31-14-20(28)26-18-10-7-9-17(23)15(18)2/h5-11,13H,3-4,12,14H2,1-2H3,(H,24,29)(H,26,28)(H,27,30)/b25-13-. The molecule has 2 rings (SSSR count). The first-order chi connectivity index (χ1) is 14.9. The van der Waals surface area contributed by atoms with Gasteiger partial charge in [-0.3, -0.25) is 14.4 Å². The SMILES string of the molecule is CCCCNC(=O)C(=O)N/N=C\c1ccccc1OCC(=O)Nc1cccc(Cl)c1C. The van der Waals surface area contributed by atoms with Gasteiger partial charge in [-0.15, -0.1) is 0 Å². The van der Waals surface area contributed by atoms with E-state index in [1.165, 1.54) is 6.21 Å². The summed E-state index contributed by atoms with van der Waals surface area (Å²) in [5.74, 6) is -1.56. The third-order valence-corrected chi connectivity index (χ3v) is 4.62. The molecule has 3 N–H and O–H groups in total. The maximum atomic E-state index is 12.2. The van der Waals surface area contributed by atoms with Crippen molar-refractivity contribution in [1.82, 2.24) is 10.7 Å². The van der Waals surface area contributed by atoms with Crippen LogP contribution < -0.4 is 20.8 Å². The third-order valence-electron chi connectivity index (χ3n) is 4.21. The smallest absolute Gasteiger partial charge is 0.329 e. The molecule has 0 unspecified atom stereocenters. The average molecular weight is 445 g/mol. The summed E-state index contributed by atoms with van der Waals surface area (Å²) in [5.41, 5.74) is 4.06. The second-order valence-corrected chi connectivity index (χ2v) is 7.00. The first-order valence-electron chi connectivity index (χ1n) is 9.80. The van der Waals surface area contributed by atoms with Gasteiger partial charge < -0.3 is 15.4 Å². The predicted octanol–water partition coefficient (Wildman–Crippen LogP) is 3.03. The third kappa shape index (κ3) is 7.75. The Labute approximate surface area is 186 Å². The van der Waals surface area contributed by atoms with Gasteiger partial charge in [-0.25, -0.2) is 5.43 Å². The lowest BCUT2D eigenvalue weighted by molar-refractivity contribution is -0.139. The van der Waals surface area contributed by atoms with Crippen molar-refractivity contribution in [3.63, 3.8) is 0 Å². The molecule has 31 heavy (non-hydrogen) atoms. The van der Waals surface area contributed by atoms with E-state index in [4.69, 9.17) is 16.3 Å². The molecule has 0 heterocycles.